The van der Waals surface area contributed by atoms with Crippen LogP contribution in [0.4, 0.5) is 5.88 Å². The normalized spacial score (nSPS) is 26.4. The van der Waals surface area contributed by atoms with Crippen LogP contribution in [-0.4, -0.2) is 16.0 Å². The zero-order valence-electron chi connectivity index (χ0n) is 8.84. The maximum atomic E-state index is 10.9. The van der Waals surface area contributed by atoms with E-state index in [9.17, 15) is 14.9 Å². The summed E-state index contributed by atoms with van der Waals surface area (Å²) < 4.78 is 5.02. The van der Waals surface area contributed by atoms with E-state index in [0.29, 0.717) is 5.76 Å². The first-order valence-electron chi connectivity index (χ1n) is 4.82. The van der Waals surface area contributed by atoms with Crippen LogP contribution in [0.1, 0.15) is 25.5 Å². The Bertz CT molecular complexity index is 462. The molecule has 0 amide bonds. The molecule has 6 heteroatoms. The van der Waals surface area contributed by atoms with Crippen molar-refractivity contribution in [3.05, 3.63) is 28.0 Å². The summed E-state index contributed by atoms with van der Waals surface area (Å²) in [6.45, 7) is 3.62. The third kappa shape index (κ3) is 1.37. The van der Waals surface area contributed by atoms with Crippen molar-refractivity contribution in [2.45, 2.75) is 19.8 Å². The van der Waals surface area contributed by atoms with E-state index in [-0.39, 0.29) is 11.8 Å². The standard InChI is InChI=1S/C10H11NO5/c1-10(2)7(8(10)9(12)13)5-3-4-6(16-5)11(14)15/h3-4,7-8H,1-2H3,(H,12,13). The van der Waals surface area contributed by atoms with E-state index in [0.717, 1.165) is 0 Å². The van der Waals surface area contributed by atoms with Crippen molar-refractivity contribution >= 4 is 11.9 Å². The van der Waals surface area contributed by atoms with Crippen LogP contribution < -0.4 is 0 Å². The summed E-state index contributed by atoms with van der Waals surface area (Å²) in [7, 11) is 0. The molecule has 0 spiro atoms. The molecule has 0 saturated heterocycles. The molecule has 0 bridgehead atoms. The number of carboxylic acids is 1. The molecule has 1 aliphatic carbocycles. The molecular weight excluding hydrogens is 214 g/mol. The molecular formula is C10H11NO5. The fourth-order valence-corrected chi connectivity index (χ4v) is 2.24. The molecule has 1 aliphatic rings. The third-order valence-corrected chi connectivity index (χ3v) is 3.19. The van der Waals surface area contributed by atoms with Gasteiger partial charge in [0.1, 0.15) is 10.7 Å². The lowest BCUT2D eigenvalue weighted by Gasteiger charge is -1.97. The second-order valence-corrected chi connectivity index (χ2v) is 4.55. The Labute approximate surface area is 91.0 Å². The van der Waals surface area contributed by atoms with Crippen molar-refractivity contribution in [2.24, 2.45) is 11.3 Å². The van der Waals surface area contributed by atoms with Crippen molar-refractivity contribution in [2.75, 3.05) is 0 Å². The third-order valence-electron chi connectivity index (χ3n) is 3.19. The highest BCUT2D eigenvalue weighted by atomic mass is 16.6. The zero-order valence-corrected chi connectivity index (χ0v) is 8.84. The van der Waals surface area contributed by atoms with Crippen molar-refractivity contribution in [3.63, 3.8) is 0 Å². The molecule has 6 nitrogen and oxygen atoms in total. The minimum Gasteiger partial charge on any atom is -0.481 e. The molecule has 16 heavy (non-hydrogen) atoms. The Morgan fingerprint density at radius 1 is 1.56 bits per heavy atom. The van der Waals surface area contributed by atoms with Gasteiger partial charge in [0.15, 0.2) is 0 Å². The summed E-state index contributed by atoms with van der Waals surface area (Å²) in [5.74, 6) is -1.67. The van der Waals surface area contributed by atoms with E-state index in [1.165, 1.54) is 12.1 Å². The van der Waals surface area contributed by atoms with Gasteiger partial charge in [-0.25, -0.2) is 0 Å². The number of hydrogen-bond acceptors (Lipinski definition) is 4. The highest BCUT2D eigenvalue weighted by molar-refractivity contribution is 5.77. The number of carboxylic acid groups (broad SMARTS) is 1. The van der Waals surface area contributed by atoms with Gasteiger partial charge in [-0.3, -0.25) is 14.9 Å². The van der Waals surface area contributed by atoms with E-state index in [4.69, 9.17) is 9.52 Å². The molecule has 1 N–H and O–H groups in total. The number of hydrogen-bond donors (Lipinski definition) is 1. The molecule has 2 unspecified atom stereocenters. The van der Waals surface area contributed by atoms with Crippen LogP contribution >= 0.6 is 0 Å². The van der Waals surface area contributed by atoms with Crippen molar-refractivity contribution in [1.82, 2.24) is 0 Å². The van der Waals surface area contributed by atoms with E-state index in [2.05, 4.69) is 0 Å². The average molecular weight is 225 g/mol. The second-order valence-electron chi connectivity index (χ2n) is 4.55. The van der Waals surface area contributed by atoms with Crippen LogP contribution in [0.5, 0.6) is 0 Å². The van der Waals surface area contributed by atoms with Gasteiger partial charge < -0.3 is 9.52 Å². The van der Waals surface area contributed by atoms with E-state index < -0.39 is 22.2 Å². The monoisotopic (exact) mass is 225 g/mol. The van der Waals surface area contributed by atoms with Gasteiger partial charge in [-0.2, -0.15) is 0 Å². The Kier molecular flexibility index (Phi) is 2.04. The van der Waals surface area contributed by atoms with Crippen molar-refractivity contribution < 1.29 is 19.2 Å². The molecule has 1 aromatic rings. The highest BCUT2D eigenvalue weighted by Gasteiger charge is 2.64. The lowest BCUT2D eigenvalue weighted by atomic mass is 10.1. The zero-order chi connectivity index (χ0) is 12.1. The van der Waals surface area contributed by atoms with Gasteiger partial charge in [0.05, 0.1) is 12.0 Å². The summed E-state index contributed by atoms with van der Waals surface area (Å²) in [4.78, 5) is 20.7. The van der Waals surface area contributed by atoms with Crippen LogP contribution in [0.25, 0.3) is 0 Å². The molecule has 0 aliphatic heterocycles. The maximum absolute atomic E-state index is 10.9. The fourth-order valence-electron chi connectivity index (χ4n) is 2.24. The van der Waals surface area contributed by atoms with Crippen LogP contribution in [0.15, 0.2) is 16.5 Å². The number of aliphatic carboxylic acids is 1. The molecule has 1 saturated carbocycles. The Morgan fingerprint density at radius 2 is 2.19 bits per heavy atom. The lowest BCUT2D eigenvalue weighted by Crippen LogP contribution is -2.02. The Morgan fingerprint density at radius 3 is 2.56 bits per heavy atom. The Balaban J connectivity index is 2.27. The first kappa shape index (κ1) is 10.7. The van der Waals surface area contributed by atoms with E-state index in [1.807, 2.05) is 13.8 Å². The molecule has 1 aromatic heterocycles. The number of furan rings is 1. The average Bonchev–Trinajstić information content (AvgIpc) is 2.60. The topological polar surface area (TPSA) is 93.6 Å². The van der Waals surface area contributed by atoms with Crippen LogP contribution in [0, 0.1) is 21.4 Å². The maximum Gasteiger partial charge on any atom is 0.433 e. The van der Waals surface area contributed by atoms with Gasteiger partial charge >= 0.3 is 11.9 Å². The molecule has 0 radical (unpaired) electrons. The van der Waals surface area contributed by atoms with Gasteiger partial charge in [-0.15, -0.1) is 0 Å². The first-order chi connectivity index (χ1) is 7.35. The highest BCUT2D eigenvalue weighted by Crippen LogP contribution is 2.64. The van der Waals surface area contributed by atoms with Crippen LogP contribution in [0.3, 0.4) is 0 Å². The fraction of sp³-hybridized carbons (Fsp3) is 0.500. The number of nitrogens with zero attached hydrogens (tertiary/aromatic N) is 1. The molecule has 2 atom stereocenters. The van der Waals surface area contributed by atoms with Crippen LogP contribution in [0.2, 0.25) is 0 Å². The summed E-state index contributed by atoms with van der Waals surface area (Å²) >= 11 is 0. The molecule has 86 valence electrons. The van der Waals surface area contributed by atoms with Crippen LogP contribution in [-0.2, 0) is 4.79 Å². The van der Waals surface area contributed by atoms with Gasteiger partial charge in [-0.1, -0.05) is 13.8 Å². The quantitative estimate of drug-likeness (QED) is 0.627. The molecule has 0 aromatic carbocycles. The summed E-state index contributed by atoms with van der Waals surface area (Å²) in [6.07, 6.45) is 0. The minimum atomic E-state index is -0.894. The van der Waals surface area contributed by atoms with Gasteiger partial charge in [0, 0.05) is 5.92 Å². The SMILES string of the molecule is CC1(C)C(C(=O)O)C1c1ccc([N+](=O)[O-])o1. The molecule has 2 rings (SSSR count). The largest absolute Gasteiger partial charge is 0.481 e. The predicted octanol–water partition coefficient (Wildman–Crippen LogP) is 2.01. The molecule has 1 fully saturated rings. The van der Waals surface area contributed by atoms with Gasteiger partial charge in [-0.05, 0) is 11.5 Å². The predicted molar refractivity (Wildman–Crippen MR) is 53.0 cm³/mol. The second kappa shape index (κ2) is 3.07. The van der Waals surface area contributed by atoms with Crippen molar-refractivity contribution in [3.8, 4) is 0 Å². The van der Waals surface area contributed by atoms with E-state index >= 15 is 0 Å². The Hall–Kier alpha value is -1.85. The van der Waals surface area contributed by atoms with Gasteiger partial charge in [0.2, 0.25) is 0 Å². The van der Waals surface area contributed by atoms with E-state index in [1.54, 1.807) is 0 Å². The summed E-state index contributed by atoms with van der Waals surface area (Å²) in [5, 5.41) is 19.4. The first-order valence-corrected chi connectivity index (χ1v) is 4.82. The smallest absolute Gasteiger partial charge is 0.433 e. The molecule has 1 heterocycles. The number of carbonyl (C=O) groups is 1. The number of nitro groups is 1. The minimum absolute atomic E-state index is 0.279. The number of rotatable bonds is 3. The van der Waals surface area contributed by atoms with Gasteiger partial charge in [0.25, 0.3) is 0 Å². The van der Waals surface area contributed by atoms with Crippen molar-refractivity contribution in [1.29, 1.82) is 0 Å². The summed E-state index contributed by atoms with van der Waals surface area (Å²) in [5.41, 5.74) is -0.405. The summed E-state index contributed by atoms with van der Waals surface area (Å²) in [6, 6.07) is 2.73. The lowest BCUT2D eigenvalue weighted by molar-refractivity contribution is -0.402.